The average Bonchev–Trinajstić information content (AvgIpc) is 2.55. The van der Waals surface area contributed by atoms with E-state index < -0.39 is 0 Å². The van der Waals surface area contributed by atoms with Gasteiger partial charge in [-0.2, -0.15) is 5.26 Å². The average molecular weight is 291 g/mol. The number of fused-ring (bicyclic) bond motifs is 1. The second kappa shape index (κ2) is 5.74. The molecule has 0 saturated carbocycles. The van der Waals surface area contributed by atoms with E-state index in [1.807, 2.05) is 37.3 Å². The Balaban J connectivity index is 2.29. The maximum atomic E-state index is 12.6. The van der Waals surface area contributed by atoms with E-state index in [9.17, 15) is 4.79 Å². The van der Waals surface area contributed by atoms with Gasteiger partial charge in [0.15, 0.2) is 12.4 Å². The van der Waals surface area contributed by atoms with Crippen LogP contribution in [-0.2, 0) is 0 Å². The molecule has 108 valence electrons. The molecule has 4 nitrogen and oxygen atoms in total. The van der Waals surface area contributed by atoms with Gasteiger partial charge >= 0.3 is 0 Å². The molecule has 0 radical (unpaired) electrons. The van der Waals surface area contributed by atoms with Crippen molar-refractivity contribution in [3.8, 4) is 23.1 Å². The molecule has 22 heavy (non-hydrogen) atoms. The summed E-state index contributed by atoms with van der Waals surface area (Å²) in [7, 11) is 0. The highest BCUT2D eigenvalue weighted by atomic mass is 16.5. The Kier molecular flexibility index (Phi) is 3.63. The van der Waals surface area contributed by atoms with Crippen molar-refractivity contribution in [2.24, 2.45) is 0 Å². The van der Waals surface area contributed by atoms with Crippen LogP contribution >= 0.6 is 0 Å². The van der Waals surface area contributed by atoms with Crippen LogP contribution in [0.3, 0.4) is 0 Å². The SMILES string of the molecule is Cc1ccc(-c2oc3ccccc3c(=O)c2OCC#N)cc1. The van der Waals surface area contributed by atoms with Gasteiger partial charge in [-0.3, -0.25) is 4.79 Å². The fourth-order valence-electron chi connectivity index (χ4n) is 2.26. The van der Waals surface area contributed by atoms with E-state index in [0.29, 0.717) is 16.7 Å². The fraction of sp³-hybridized carbons (Fsp3) is 0.111. The van der Waals surface area contributed by atoms with Crippen LogP contribution in [0.4, 0.5) is 0 Å². The number of nitriles is 1. The lowest BCUT2D eigenvalue weighted by molar-refractivity contribution is 0.356. The molecule has 0 aliphatic heterocycles. The molecule has 2 aromatic carbocycles. The Morgan fingerprint density at radius 1 is 1.14 bits per heavy atom. The van der Waals surface area contributed by atoms with Gasteiger partial charge in [-0.1, -0.05) is 42.0 Å². The third kappa shape index (κ3) is 2.45. The lowest BCUT2D eigenvalue weighted by atomic mass is 10.1. The van der Waals surface area contributed by atoms with E-state index in [1.54, 1.807) is 24.3 Å². The van der Waals surface area contributed by atoms with Crippen LogP contribution in [0.2, 0.25) is 0 Å². The Hall–Kier alpha value is -3.06. The monoisotopic (exact) mass is 291 g/mol. The molecule has 1 aromatic heterocycles. The van der Waals surface area contributed by atoms with Crippen molar-refractivity contribution in [2.75, 3.05) is 6.61 Å². The molecule has 0 saturated heterocycles. The van der Waals surface area contributed by atoms with Crippen LogP contribution in [0, 0.1) is 18.3 Å². The minimum absolute atomic E-state index is 0.0732. The van der Waals surface area contributed by atoms with Gasteiger partial charge in [-0.05, 0) is 19.1 Å². The van der Waals surface area contributed by atoms with Crippen molar-refractivity contribution in [1.29, 1.82) is 5.26 Å². The summed E-state index contributed by atoms with van der Waals surface area (Å²) in [4.78, 5) is 12.6. The molecule has 0 aliphatic rings. The summed E-state index contributed by atoms with van der Waals surface area (Å²) < 4.78 is 11.2. The maximum Gasteiger partial charge on any atom is 0.235 e. The molecule has 0 spiro atoms. The number of nitrogens with zero attached hydrogens (tertiary/aromatic N) is 1. The van der Waals surface area contributed by atoms with Gasteiger partial charge in [0, 0.05) is 5.56 Å². The molecule has 3 aromatic rings. The number of rotatable bonds is 3. The van der Waals surface area contributed by atoms with Crippen molar-refractivity contribution in [3.63, 3.8) is 0 Å². The van der Waals surface area contributed by atoms with E-state index in [1.165, 1.54) is 0 Å². The molecular weight excluding hydrogens is 278 g/mol. The van der Waals surface area contributed by atoms with Crippen molar-refractivity contribution in [3.05, 3.63) is 64.3 Å². The van der Waals surface area contributed by atoms with Crippen molar-refractivity contribution < 1.29 is 9.15 Å². The van der Waals surface area contributed by atoms with Crippen LogP contribution < -0.4 is 10.2 Å². The lowest BCUT2D eigenvalue weighted by Gasteiger charge is -2.10. The third-order valence-electron chi connectivity index (χ3n) is 3.35. The summed E-state index contributed by atoms with van der Waals surface area (Å²) in [5.74, 6) is 0.419. The molecule has 0 fully saturated rings. The molecule has 0 amide bonds. The first-order valence-electron chi connectivity index (χ1n) is 6.83. The zero-order valence-electron chi connectivity index (χ0n) is 12.0. The molecule has 0 unspecified atom stereocenters. The van der Waals surface area contributed by atoms with Gasteiger partial charge in [0.05, 0.1) is 5.39 Å². The predicted molar refractivity (Wildman–Crippen MR) is 83.8 cm³/mol. The number of hydrogen-bond donors (Lipinski definition) is 0. The largest absolute Gasteiger partial charge is 0.471 e. The summed E-state index contributed by atoms with van der Waals surface area (Å²) in [5.41, 5.74) is 2.06. The number of aryl methyl sites for hydroxylation is 1. The molecule has 0 atom stereocenters. The van der Waals surface area contributed by atoms with Crippen LogP contribution in [-0.4, -0.2) is 6.61 Å². The van der Waals surface area contributed by atoms with Crippen LogP contribution in [0.25, 0.3) is 22.3 Å². The van der Waals surface area contributed by atoms with Gasteiger partial charge in [0.2, 0.25) is 11.2 Å². The maximum absolute atomic E-state index is 12.6. The Bertz CT molecular complexity index is 918. The van der Waals surface area contributed by atoms with Gasteiger partial charge in [-0.15, -0.1) is 0 Å². The zero-order chi connectivity index (χ0) is 15.5. The Morgan fingerprint density at radius 2 is 1.86 bits per heavy atom. The van der Waals surface area contributed by atoms with Gasteiger partial charge < -0.3 is 9.15 Å². The van der Waals surface area contributed by atoms with Crippen molar-refractivity contribution in [1.82, 2.24) is 0 Å². The standard InChI is InChI=1S/C18H13NO3/c1-12-6-8-13(9-7-12)17-18(21-11-10-19)16(20)14-4-2-3-5-15(14)22-17/h2-9H,11H2,1H3. The van der Waals surface area contributed by atoms with Crippen LogP contribution in [0.5, 0.6) is 5.75 Å². The third-order valence-corrected chi connectivity index (χ3v) is 3.35. The predicted octanol–water partition coefficient (Wildman–Crippen LogP) is 3.67. The Morgan fingerprint density at radius 3 is 2.59 bits per heavy atom. The summed E-state index contributed by atoms with van der Waals surface area (Å²) in [5, 5.41) is 9.16. The summed E-state index contributed by atoms with van der Waals surface area (Å²) in [6.45, 7) is 1.77. The van der Waals surface area contributed by atoms with Crippen molar-refractivity contribution in [2.45, 2.75) is 6.92 Å². The highest BCUT2D eigenvalue weighted by Crippen LogP contribution is 2.30. The minimum atomic E-state index is -0.271. The number of ether oxygens (including phenoxy) is 1. The highest BCUT2D eigenvalue weighted by Gasteiger charge is 2.17. The van der Waals surface area contributed by atoms with E-state index in [0.717, 1.165) is 11.1 Å². The first kappa shape index (κ1) is 13.9. The van der Waals surface area contributed by atoms with Crippen LogP contribution in [0.1, 0.15) is 5.56 Å². The summed E-state index contributed by atoms with van der Waals surface area (Å²) >= 11 is 0. The molecule has 1 heterocycles. The minimum Gasteiger partial charge on any atom is -0.471 e. The normalized spacial score (nSPS) is 10.4. The number of para-hydroxylation sites is 1. The van der Waals surface area contributed by atoms with Crippen LogP contribution in [0.15, 0.2) is 57.7 Å². The van der Waals surface area contributed by atoms with Gasteiger partial charge in [0.1, 0.15) is 11.7 Å². The molecular formula is C18H13NO3. The lowest BCUT2D eigenvalue weighted by Crippen LogP contribution is -2.10. The second-order valence-electron chi connectivity index (χ2n) is 4.90. The van der Waals surface area contributed by atoms with E-state index in [4.69, 9.17) is 14.4 Å². The summed E-state index contributed by atoms with van der Waals surface area (Å²) in [6, 6.07) is 16.4. The first-order chi connectivity index (χ1) is 10.7. The smallest absolute Gasteiger partial charge is 0.235 e. The second-order valence-corrected chi connectivity index (χ2v) is 4.90. The topological polar surface area (TPSA) is 63.2 Å². The number of benzene rings is 2. The van der Waals surface area contributed by atoms with Crippen molar-refractivity contribution >= 4 is 11.0 Å². The molecule has 0 aliphatic carbocycles. The first-order valence-corrected chi connectivity index (χ1v) is 6.83. The summed E-state index contributed by atoms with van der Waals surface area (Å²) in [6.07, 6.45) is 0. The highest BCUT2D eigenvalue weighted by molar-refractivity contribution is 5.81. The molecule has 4 heteroatoms. The van der Waals surface area contributed by atoms with E-state index in [-0.39, 0.29) is 17.8 Å². The fourth-order valence-corrected chi connectivity index (χ4v) is 2.26. The van der Waals surface area contributed by atoms with Gasteiger partial charge in [-0.25, -0.2) is 0 Å². The van der Waals surface area contributed by atoms with Gasteiger partial charge in [0.25, 0.3) is 0 Å². The molecule has 0 bridgehead atoms. The molecule has 3 rings (SSSR count). The van der Waals surface area contributed by atoms with E-state index in [2.05, 4.69) is 0 Å². The zero-order valence-corrected chi connectivity index (χ0v) is 12.0. The van der Waals surface area contributed by atoms with E-state index >= 15 is 0 Å². The Labute approximate surface area is 127 Å². The molecule has 0 N–H and O–H groups in total. The number of hydrogen-bond acceptors (Lipinski definition) is 4. The quantitative estimate of drug-likeness (QED) is 0.738.